The van der Waals surface area contributed by atoms with Crippen LogP contribution in [0.4, 0.5) is 4.39 Å². The van der Waals surface area contributed by atoms with Gasteiger partial charge in [0, 0.05) is 6.04 Å². The molecule has 0 amide bonds. The summed E-state index contributed by atoms with van der Waals surface area (Å²) in [6, 6.07) is 6.93. The fraction of sp³-hybridized carbons (Fsp3) is 0.500. The van der Waals surface area contributed by atoms with Crippen molar-refractivity contribution in [3.05, 3.63) is 35.6 Å². The fourth-order valence-corrected chi connectivity index (χ4v) is 3.48. The van der Waals surface area contributed by atoms with E-state index in [1.807, 2.05) is 17.7 Å². The van der Waals surface area contributed by atoms with Crippen molar-refractivity contribution in [2.45, 2.75) is 48.7 Å². The van der Waals surface area contributed by atoms with Crippen LogP contribution in [0.2, 0.25) is 0 Å². The lowest BCUT2D eigenvalue weighted by molar-refractivity contribution is 0.561. The lowest BCUT2D eigenvalue weighted by Gasteiger charge is -2.22. The van der Waals surface area contributed by atoms with Gasteiger partial charge in [-0.2, -0.15) is 0 Å². The van der Waals surface area contributed by atoms with E-state index in [4.69, 9.17) is 5.73 Å². The molecule has 7 heteroatoms. The van der Waals surface area contributed by atoms with E-state index in [0.717, 1.165) is 30.0 Å². The third-order valence-corrected chi connectivity index (χ3v) is 4.98. The van der Waals surface area contributed by atoms with E-state index >= 15 is 0 Å². The first-order valence-electron chi connectivity index (χ1n) is 7.14. The third-order valence-electron chi connectivity index (χ3n) is 3.63. The van der Waals surface area contributed by atoms with Crippen LogP contribution in [0.3, 0.4) is 0 Å². The summed E-state index contributed by atoms with van der Waals surface area (Å²) < 4.78 is 15.4. The van der Waals surface area contributed by atoms with Crippen LogP contribution >= 0.6 is 11.8 Å². The number of thioether (sulfide) groups is 1. The summed E-state index contributed by atoms with van der Waals surface area (Å²) in [6.07, 6.45) is 3.03. The zero-order chi connectivity index (χ0) is 14.8. The Morgan fingerprint density at radius 1 is 1.48 bits per heavy atom. The molecule has 2 atom stereocenters. The number of hydrogen-bond donors (Lipinski definition) is 1. The topological polar surface area (TPSA) is 69.6 Å². The maximum absolute atomic E-state index is 13.5. The second-order valence-electron chi connectivity index (χ2n) is 5.30. The van der Waals surface area contributed by atoms with E-state index in [1.165, 1.54) is 17.8 Å². The number of tetrazole rings is 1. The van der Waals surface area contributed by atoms with Crippen molar-refractivity contribution in [2.75, 3.05) is 0 Å². The fourth-order valence-electron chi connectivity index (χ4n) is 2.23. The molecule has 112 valence electrons. The Balaban J connectivity index is 1.87. The van der Waals surface area contributed by atoms with Gasteiger partial charge >= 0.3 is 0 Å². The molecule has 2 N–H and O–H groups in total. The molecule has 3 rings (SSSR count). The summed E-state index contributed by atoms with van der Waals surface area (Å²) in [7, 11) is 0. The van der Waals surface area contributed by atoms with Crippen LogP contribution in [-0.2, 0) is 0 Å². The van der Waals surface area contributed by atoms with E-state index in [1.54, 1.807) is 12.1 Å². The highest BCUT2D eigenvalue weighted by Crippen LogP contribution is 2.41. The first-order valence-corrected chi connectivity index (χ1v) is 8.02. The van der Waals surface area contributed by atoms with Crippen molar-refractivity contribution >= 4 is 11.8 Å². The minimum Gasteiger partial charge on any atom is -0.326 e. The Hall–Kier alpha value is -1.47. The molecule has 1 aliphatic carbocycles. The monoisotopic (exact) mass is 307 g/mol. The summed E-state index contributed by atoms with van der Waals surface area (Å²) in [5, 5.41) is 12.6. The Kier molecular flexibility index (Phi) is 4.21. The van der Waals surface area contributed by atoms with Crippen molar-refractivity contribution in [2.24, 2.45) is 5.73 Å². The number of rotatable bonds is 6. The number of benzene rings is 1. The first kappa shape index (κ1) is 14.5. The molecule has 1 saturated carbocycles. The van der Waals surface area contributed by atoms with Gasteiger partial charge in [-0.3, -0.25) is 0 Å². The Labute approximate surface area is 127 Å². The molecule has 1 aromatic carbocycles. The standard InChI is InChI=1S/C14H18FN5S/c1-2-12(16)13(9-4-3-5-10(15)8-9)21-14-17-18-19-20(14)11-6-7-11/h3-5,8,11-13H,2,6-7,16H2,1H3. The van der Waals surface area contributed by atoms with Gasteiger partial charge in [0.2, 0.25) is 5.16 Å². The van der Waals surface area contributed by atoms with Crippen molar-refractivity contribution in [1.82, 2.24) is 20.2 Å². The molecule has 2 aromatic rings. The van der Waals surface area contributed by atoms with Gasteiger partial charge in [0.15, 0.2) is 0 Å². The molecule has 5 nitrogen and oxygen atoms in total. The molecule has 0 radical (unpaired) electrons. The number of nitrogens with two attached hydrogens (primary N) is 1. The molecule has 1 fully saturated rings. The van der Waals surface area contributed by atoms with Gasteiger partial charge in [-0.25, -0.2) is 9.07 Å². The summed E-state index contributed by atoms with van der Waals surface area (Å²) in [5.74, 6) is -0.247. The predicted octanol–water partition coefficient (Wildman–Crippen LogP) is 2.72. The van der Waals surface area contributed by atoms with Gasteiger partial charge in [0.05, 0.1) is 11.3 Å². The van der Waals surface area contributed by atoms with Crippen molar-refractivity contribution in [3.63, 3.8) is 0 Å². The summed E-state index contributed by atoms with van der Waals surface area (Å²) >= 11 is 1.52. The highest BCUT2D eigenvalue weighted by atomic mass is 32.2. The largest absolute Gasteiger partial charge is 0.326 e. The molecule has 1 aliphatic rings. The molecule has 2 unspecified atom stereocenters. The second kappa shape index (κ2) is 6.11. The summed E-state index contributed by atoms with van der Waals surface area (Å²) in [5.41, 5.74) is 7.11. The molecular formula is C14H18FN5S. The van der Waals surface area contributed by atoms with Crippen LogP contribution in [0.25, 0.3) is 0 Å². The average Bonchev–Trinajstić information content (AvgIpc) is 3.23. The Bertz CT molecular complexity index is 613. The van der Waals surface area contributed by atoms with Gasteiger partial charge in [0.25, 0.3) is 0 Å². The van der Waals surface area contributed by atoms with E-state index in [2.05, 4.69) is 15.5 Å². The molecule has 1 heterocycles. The molecular weight excluding hydrogens is 289 g/mol. The van der Waals surface area contributed by atoms with E-state index in [0.29, 0.717) is 6.04 Å². The second-order valence-corrected chi connectivity index (χ2v) is 6.41. The quantitative estimate of drug-likeness (QED) is 0.831. The normalized spacial score (nSPS) is 17.7. The minimum atomic E-state index is -0.247. The summed E-state index contributed by atoms with van der Waals surface area (Å²) in [4.78, 5) is 0. The Morgan fingerprint density at radius 3 is 2.95 bits per heavy atom. The maximum Gasteiger partial charge on any atom is 0.210 e. The van der Waals surface area contributed by atoms with Crippen LogP contribution in [0.1, 0.15) is 43.0 Å². The van der Waals surface area contributed by atoms with E-state index in [-0.39, 0.29) is 17.1 Å². The molecule has 0 aliphatic heterocycles. The Morgan fingerprint density at radius 2 is 2.29 bits per heavy atom. The molecule has 0 saturated heterocycles. The van der Waals surface area contributed by atoms with Crippen LogP contribution in [0.5, 0.6) is 0 Å². The highest BCUT2D eigenvalue weighted by molar-refractivity contribution is 7.99. The van der Waals surface area contributed by atoms with Gasteiger partial charge in [-0.1, -0.05) is 30.8 Å². The molecule has 0 spiro atoms. The van der Waals surface area contributed by atoms with Gasteiger partial charge in [-0.15, -0.1) is 5.10 Å². The number of halogens is 1. The number of aromatic nitrogens is 4. The van der Waals surface area contributed by atoms with Crippen LogP contribution in [0, 0.1) is 5.82 Å². The lowest BCUT2D eigenvalue weighted by atomic mass is 10.0. The number of nitrogens with zero attached hydrogens (tertiary/aromatic N) is 4. The predicted molar refractivity (Wildman–Crippen MR) is 79.4 cm³/mol. The van der Waals surface area contributed by atoms with Gasteiger partial charge < -0.3 is 5.73 Å². The molecule has 1 aromatic heterocycles. The lowest BCUT2D eigenvalue weighted by Crippen LogP contribution is -2.26. The maximum atomic E-state index is 13.5. The van der Waals surface area contributed by atoms with Gasteiger partial charge in [0.1, 0.15) is 5.82 Å². The van der Waals surface area contributed by atoms with Gasteiger partial charge in [-0.05, 0) is 47.4 Å². The zero-order valence-corrected chi connectivity index (χ0v) is 12.6. The van der Waals surface area contributed by atoms with Crippen LogP contribution in [-0.4, -0.2) is 26.2 Å². The van der Waals surface area contributed by atoms with Crippen LogP contribution in [0.15, 0.2) is 29.4 Å². The smallest absolute Gasteiger partial charge is 0.210 e. The van der Waals surface area contributed by atoms with E-state index in [9.17, 15) is 4.39 Å². The highest BCUT2D eigenvalue weighted by Gasteiger charge is 2.30. The van der Waals surface area contributed by atoms with Crippen molar-refractivity contribution in [3.8, 4) is 0 Å². The minimum absolute atomic E-state index is 0.0609. The van der Waals surface area contributed by atoms with Crippen LogP contribution < -0.4 is 5.73 Å². The number of hydrogen-bond acceptors (Lipinski definition) is 5. The van der Waals surface area contributed by atoms with E-state index < -0.39 is 0 Å². The first-order chi connectivity index (χ1) is 10.2. The summed E-state index contributed by atoms with van der Waals surface area (Å²) in [6.45, 7) is 2.03. The zero-order valence-electron chi connectivity index (χ0n) is 11.8. The van der Waals surface area contributed by atoms with Crippen molar-refractivity contribution < 1.29 is 4.39 Å². The third kappa shape index (κ3) is 3.24. The molecule has 0 bridgehead atoms. The molecule has 21 heavy (non-hydrogen) atoms. The average molecular weight is 307 g/mol. The SMILES string of the molecule is CCC(N)C(Sc1nnnn1C1CC1)c1cccc(F)c1. The van der Waals surface area contributed by atoms with Crippen molar-refractivity contribution in [1.29, 1.82) is 0 Å².